The third kappa shape index (κ3) is 8.92. The van der Waals surface area contributed by atoms with Crippen molar-refractivity contribution in [3.05, 3.63) is 104 Å². The van der Waals surface area contributed by atoms with Crippen LogP contribution in [-0.4, -0.2) is 44.2 Å². The van der Waals surface area contributed by atoms with Crippen LogP contribution in [0.15, 0.2) is 60.7 Å². The molecule has 58 heavy (non-hydrogen) atoms. The standard InChI is InChI=1S/C47H53Cl2N3O6/c1-3-55-42-23-44(38(48)21-29(42)13-11-28-12-19-46(53)51-25-28)57-40-17-15-34-32(7-5-9-36(34)40)33-8-6-10-37-35(33)16-18-41(37)58-45-24-43(56-4-2)30(22-39(45)49)26-50-31-14-20-47(54)52-27-31/h5-10,21-24,28,31,40-41,50H,3-4,11-20,25-27H2,1-2H3,(H,51,53)(H,52,54)/t28-,31-,40-,41-/m0/s1. The van der Waals surface area contributed by atoms with Gasteiger partial charge in [-0.05, 0) is 122 Å². The average Bonchev–Trinajstić information content (AvgIpc) is 3.84. The van der Waals surface area contributed by atoms with E-state index in [0.717, 1.165) is 80.5 Å². The summed E-state index contributed by atoms with van der Waals surface area (Å²) in [6.07, 6.45) is 7.85. The zero-order chi connectivity index (χ0) is 40.2. The molecule has 3 N–H and O–H groups in total. The number of nitrogens with one attached hydrogen (secondary N) is 3. The zero-order valence-electron chi connectivity index (χ0n) is 33.4. The number of piperidine rings is 2. The number of hydrogen-bond donors (Lipinski definition) is 3. The van der Waals surface area contributed by atoms with E-state index in [1.807, 2.05) is 38.1 Å². The maximum atomic E-state index is 11.6. The molecule has 4 aromatic carbocycles. The summed E-state index contributed by atoms with van der Waals surface area (Å²) >= 11 is 13.8. The molecule has 9 nitrogen and oxygen atoms in total. The van der Waals surface area contributed by atoms with E-state index in [9.17, 15) is 9.59 Å². The predicted octanol–water partition coefficient (Wildman–Crippen LogP) is 9.42. The summed E-state index contributed by atoms with van der Waals surface area (Å²) < 4.78 is 25.6. The second-order valence-electron chi connectivity index (χ2n) is 15.9. The molecule has 0 aromatic heterocycles. The summed E-state index contributed by atoms with van der Waals surface area (Å²) in [4.78, 5) is 23.3. The molecule has 0 radical (unpaired) electrons. The third-order valence-corrected chi connectivity index (χ3v) is 12.7. The summed E-state index contributed by atoms with van der Waals surface area (Å²) in [5, 5.41) is 10.6. The van der Waals surface area contributed by atoms with Gasteiger partial charge in [-0.25, -0.2) is 0 Å². The molecular formula is C47H53Cl2N3O6. The van der Waals surface area contributed by atoms with Gasteiger partial charge in [-0.15, -0.1) is 0 Å². The van der Waals surface area contributed by atoms with E-state index in [0.29, 0.717) is 66.6 Å². The van der Waals surface area contributed by atoms with Gasteiger partial charge in [-0.3, -0.25) is 9.59 Å². The fourth-order valence-electron chi connectivity index (χ4n) is 9.09. The average molecular weight is 827 g/mol. The highest BCUT2D eigenvalue weighted by Crippen LogP contribution is 2.47. The Labute approximate surface area is 351 Å². The molecule has 2 aliphatic carbocycles. The summed E-state index contributed by atoms with van der Waals surface area (Å²) in [5.74, 6) is 3.50. The molecular weight excluding hydrogens is 773 g/mol. The minimum absolute atomic E-state index is 0.103. The van der Waals surface area contributed by atoms with Gasteiger partial charge in [0.1, 0.15) is 35.2 Å². The van der Waals surface area contributed by atoms with Gasteiger partial charge in [0, 0.05) is 56.2 Å². The van der Waals surface area contributed by atoms with E-state index in [1.165, 1.54) is 33.4 Å². The Balaban J connectivity index is 0.976. The fraction of sp³-hybridized carbons (Fsp3) is 0.447. The van der Waals surface area contributed by atoms with Crippen LogP contribution in [0.2, 0.25) is 10.0 Å². The monoisotopic (exact) mass is 825 g/mol. The van der Waals surface area contributed by atoms with E-state index in [1.54, 1.807) is 0 Å². The lowest BCUT2D eigenvalue weighted by Crippen LogP contribution is -2.45. The van der Waals surface area contributed by atoms with E-state index in [4.69, 9.17) is 42.1 Å². The first-order valence-corrected chi connectivity index (χ1v) is 21.8. The molecule has 0 saturated carbocycles. The van der Waals surface area contributed by atoms with Crippen molar-refractivity contribution in [2.75, 3.05) is 26.3 Å². The third-order valence-electron chi connectivity index (χ3n) is 12.1. The Morgan fingerprint density at radius 1 is 0.655 bits per heavy atom. The number of hydrogen-bond acceptors (Lipinski definition) is 7. The van der Waals surface area contributed by atoms with Crippen molar-refractivity contribution in [3.8, 4) is 34.1 Å². The summed E-state index contributed by atoms with van der Waals surface area (Å²) in [7, 11) is 0. The smallest absolute Gasteiger partial charge is 0.220 e. The molecule has 2 saturated heterocycles. The van der Waals surface area contributed by atoms with E-state index in [2.05, 4.69) is 52.3 Å². The quantitative estimate of drug-likeness (QED) is 0.110. The van der Waals surface area contributed by atoms with Gasteiger partial charge in [-0.1, -0.05) is 59.6 Å². The molecule has 2 heterocycles. The van der Waals surface area contributed by atoms with Crippen LogP contribution in [0.5, 0.6) is 23.0 Å². The highest BCUT2D eigenvalue weighted by atomic mass is 35.5. The second-order valence-corrected chi connectivity index (χ2v) is 16.7. The number of benzene rings is 4. The molecule has 2 amide bonds. The molecule has 2 fully saturated rings. The Morgan fingerprint density at radius 3 is 1.74 bits per heavy atom. The lowest BCUT2D eigenvalue weighted by atomic mass is 9.91. The maximum absolute atomic E-state index is 11.6. The number of fused-ring (bicyclic) bond motifs is 2. The Bertz CT molecular complexity index is 1990. The predicted molar refractivity (Wildman–Crippen MR) is 227 cm³/mol. The lowest BCUT2D eigenvalue weighted by Gasteiger charge is -2.24. The topological polar surface area (TPSA) is 107 Å². The summed E-state index contributed by atoms with van der Waals surface area (Å²) in [6, 6.07) is 21.1. The van der Waals surface area contributed by atoms with Crippen molar-refractivity contribution >= 4 is 35.0 Å². The van der Waals surface area contributed by atoms with Crippen molar-refractivity contribution in [1.82, 2.24) is 16.0 Å². The van der Waals surface area contributed by atoms with Crippen LogP contribution in [0, 0.1) is 5.92 Å². The van der Waals surface area contributed by atoms with E-state index < -0.39 is 0 Å². The molecule has 4 aliphatic rings. The zero-order valence-corrected chi connectivity index (χ0v) is 34.9. The van der Waals surface area contributed by atoms with Gasteiger partial charge in [0.05, 0.1) is 23.3 Å². The van der Waals surface area contributed by atoms with E-state index >= 15 is 0 Å². The molecule has 2 aliphatic heterocycles. The van der Waals surface area contributed by atoms with Crippen molar-refractivity contribution in [2.45, 2.75) is 103 Å². The number of amides is 2. The molecule has 306 valence electrons. The first-order chi connectivity index (χ1) is 28.3. The fourth-order valence-corrected chi connectivity index (χ4v) is 9.55. The highest BCUT2D eigenvalue weighted by Gasteiger charge is 2.32. The molecule has 4 aromatic rings. The van der Waals surface area contributed by atoms with Gasteiger partial charge in [0.15, 0.2) is 0 Å². The molecule has 0 bridgehead atoms. The van der Waals surface area contributed by atoms with Crippen LogP contribution in [-0.2, 0) is 35.4 Å². The largest absolute Gasteiger partial charge is 0.493 e. The molecule has 11 heteroatoms. The second kappa shape index (κ2) is 18.2. The maximum Gasteiger partial charge on any atom is 0.220 e. The van der Waals surface area contributed by atoms with Gasteiger partial charge in [0.2, 0.25) is 11.8 Å². The number of aryl methyl sites for hydroxylation is 1. The van der Waals surface area contributed by atoms with Gasteiger partial charge in [-0.2, -0.15) is 0 Å². The van der Waals surface area contributed by atoms with Crippen LogP contribution < -0.4 is 34.9 Å². The molecule has 0 spiro atoms. The molecule has 8 rings (SSSR count). The van der Waals surface area contributed by atoms with E-state index in [-0.39, 0.29) is 30.1 Å². The number of carbonyl (C=O) groups is 2. The van der Waals surface area contributed by atoms with Crippen molar-refractivity contribution in [1.29, 1.82) is 0 Å². The Kier molecular flexibility index (Phi) is 12.7. The highest BCUT2D eigenvalue weighted by molar-refractivity contribution is 6.32. The van der Waals surface area contributed by atoms with Crippen molar-refractivity contribution < 1.29 is 28.5 Å². The summed E-state index contributed by atoms with van der Waals surface area (Å²) in [6.45, 7) is 6.96. The number of carbonyl (C=O) groups excluding carboxylic acids is 2. The van der Waals surface area contributed by atoms with Crippen LogP contribution in [0.4, 0.5) is 0 Å². The van der Waals surface area contributed by atoms with Crippen LogP contribution >= 0.6 is 23.2 Å². The number of halogens is 2. The Hall–Kier alpha value is -4.44. The van der Waals surface area contributed by atoms with Gasteiger partial charge in [0.25, 0.3) is 0 Å². The minimum Gasteiger partial charge on any atom is -0.493 e. The van der Waals surface area contributed by atoms with Crippen molar-refractivity contribution in [2.24, 2.45) is 5.92 Å². The van der Waals surface area contributed by atoms with Crippen molar-refractivity contribution in [3.63, 3.8) is 0 Å². The first-order valence-electron chi connectivity index (χ1n) is 21.0. The normalized spacial score (nSPS) is 21.2. The number of rotatable bonds is 15. The molecule has 0 unspecified atom stereocenters. The number of ether oxygens (including phenoxy) is 4. The SMILES string of the molecule is CCOc1cc(O[C@H]2CCc3c(-c4cccc5c4CC[C@@H]5Oc4cc(OCC)c(CN[C@H]5CCC(=O)NC5)cc4Cl)cccc32)c(Cl)cc1CC[C@H]1CCC(=O)NC1. The van der Waals surface area contributed by atoms with Gasteiger partial charge >= 0.3 is 0 Å². The van der Waals surface area contributed by atoms with Crippen LogP contribution in [0.1, 0.15) is 104 Å². The van der Waals surface area contributed by atoms with Gasteiger partial charge < -0.3 is 34.9 Å². The first kappa shape index (κ1) is 40.3. The van der Waals surface area contributed by atoms with Crippen LogP contribution in [0.3, 0.4) is 0 Å². The Morgan fingerprint density at radius 2 is 1.21 bits per heavy atom. The molecule has 4 atom stereocenters. The summed E-state index contributed by atoms with van der Waals surface area (Å²) in [5.41, 5.74) is 9.50. The lowest BCUT2D eigenvalue weighted by molar-refractivity contribution is -0.123. The minimum atomic E-state index is -0.141. The van der Waals surface area contributed by atoms with Crippen LogP contribution in [0.25, 0.3) is 11.1 Å².